The van der Waals surface area contributed by atoms with E-state index < -0.39 is 47.9 Å². The van der Waals surface area contributed by atoms with Gasteiger partial charge in [0.05, 0.1) is 23.8 Å². The number of ether oxygens (including phenoxy) is 1. The third kappa shape index (κ3) is 4.94. The van der Waals surface area contributed by atoms with Gasteiger partial charge in [0.2, 0.25) is 0 Å². The van der Waals surface area contributed by atoms with E-state index in [1.807, 2.05) is 0 Å². The largest absolute Gasteiger partial charge is 0.501 e. The first-order valence-electron chi connectivity index (χ1n) is 11.6. The van der Waals surface area contributed by atoms with E-state index in [1.54, 1.807) is 6.07 Å². The minimum absolute atomic E-state index is 0.0788. The molecular weight excluding hydrogens is 567 g/mol. The first-order chi connectivity index (χ1) is 18.2. The maximum atomic E-state index is 13.2. The topological polar surface area (TPSA) is 155 Å². The lowest BCUT2D eigenvalue weighted by Crippen LogP contribution is -2.43. The highest BCUT2D eigenvalue weighted by Gasteiger charge is 2.67. The van der Waals surface area contributed by atoms with Crippen LogP contribution in [0.3, 0.4) is 0 Å². The Morgan fingerprint density at radius 1 is 1.08 bits per heavy atom. The molecule has 3 amide bonds. The summed E-state index contributed by atoms with van der Waals surface area (Å²) in [6, 6.07) is 5.68. The van der Waals surface area contributed by atoms with Crippen molar-refractivity contribution in [2.45, 2.75) is 28.8 Å². The Balaban J connectivity index is 1.27. The highest BCUT2D eigenvalue weighted by molar-refractivity contribution is 7.92. The number of rotatable bonds is 7. The number of anilines is 2. The van der Waals surface area contributed by atoms with Crippen molar-refractivity contribution < 1.29 is 44.3 Å². The Labute approximate surface area is 221 Å². The fourth-order valence-electron chi connectivity index (χ4n) is 4.65. The molecule has 1 aromatic heterocycles. The number of hydrogen-bond acceptors (Lipinski definition) is 8. The van der Waals surface area contributed by atoms with Crippen LogP contribution >= 0.6 is 0 Å². The van der Waals surface area contributed by atoms with Crippen molar-refractivity contribution in [2.24, 2.45) is 5.92 Å². The highest BCUT2D eigenvalue weighted by Crippen LogP contribution is 2.50. The first-order valence-corrected chi connectivity index (χ1v) is 14.6. The molecular formula is C22H22F3N5O7S2. The molecule has 1 aliphatic carbocycles. The molecule has 2 unspecified atom stereocenters. The fourth-order valence-corrected chi connectivity index (χ4v) is 6.55. The monoisotopic (exact) mass is 589 g/mol. The van der Waals surface area contributed by atoms with Crippen LogP contribution in [0.1, 0.15) is 12.0 Å². The molecule has 3 fully saturated rings. The van der Waals surface area contributed by atoms with Crippen molar-refractivity contribution in [3.05, 3.63) is 48.2 Å². The lowest BCUT2D eigenvalue weighted by molar-refractivity contribution is -0.119. The summed E-state index contributed by atoms with van der Waals surface area (Å²) in [4.78, 5) is 29.6. The van der Waals surface area contributed by atoms with Gasteiger partial charge in [0, 0.05) is 19.3 Å². The Kier molecular flexibility index (Phi) is 6.60. The summed E-state index contributed by atoms with van der Waals surface area (Å²) in [7, 11) is -9.42. The molecule has 1 aromatic carbocycles. The zero-order chi connectivity index (χ0) is 28.2. The number of carbonyl (C=O) groups is 2. The number of sulfone groups is 1. The van der Waals surface area contributed by atoms with E-state index in [-0.39, 0.29) is 50.1 Å². The number of urea groups is 1. The maximum Gasteiger partial charge on any atom is 0.501 e. The van der Waals surface area contributed by atoms with Crippen molar-refractivity contribution >= 4 is 43.5 Å². The van der Waals surface area contributed by atoms with Crippen LogP contribution in [0.4, 0.5) is 29.5 Å². The van der Waals surface area contributed by atoms with Gasteiger partial charge in [-0.25, -0.2) is 23.1 Å². The molecule has 17 heteroatoms. The zero-order valence-corrected chi connectivity index (χ0v) is 21.6. The Morgan fingerprint density at radius 2 is 1.74 bits per heavy atom. The van der Waals surface area contributed by atoms with Gasteiger partial charge in [-0.05, 0) is 60.7 Å². The number of benzene rings is 1. The highest BCUT2D eigenvalue weighted by atomic mass is 32.2. The summed E-state index contributed by atoms with van der Waals surface area (Å²) in [5.74, 6) is -0.868. The second-order valence-corrected chi connectivity index (χ2v) is 12.9. The number of nitrogens with one attached hydrogen (secondary N) is 2. The summed E-state index contributed by atoms with van der Waals surface area (Å²) in [5, 5.41) is 2.63. The average molecular weight is 590 g/mol. The van der Waals surface area contributed by atoms with Gasteiger partial charge in [0.25, 0.3) is 15.7 Å². The van der Waals surface area contributed by atoms with Crippen LogP contribution in [0.2, 0.25) is 0 Å². The van der Waals surface area contributed by atoms with Crippen molar-refractivity contribution in [3.63, 3.8) is 0 Å². The maximum absolute atomic E-state index is 13.2. The zero-order valence-electron chi connectivity index (χ0n) is 20.0. The van der Waals surface area contributed by atoms with Gasteiger partial charge in [-0.1, -0.05) is 0 Å². The molecule has 2 saturated heterocycles. The van der Waals surface area contributed by atoms with Crippen LogP contribution in [-0.4, -0.2) is 75.4 Å². The van der Waals surface area contributed by atoms with Gasteiger partial charge in [-0.3, -0.25) is 9.52 Å². The number of aromatic nitrogens is 1. The van der Waals surface area contributed by atoms with Crippen LogP contribution < -0.4 is 14.9 Å². The standard InChI is InChI=1S/C22H22F3N5O7S2/c23-22(24,25)38(33,34)17-3-1-16(2-4-17)30-19(31)21(27-20(30)32)13-15(21)11-14-5-6-26-18(12-14)28-39(35,36)29-7-9-37-10-8-29/h1-6,12,15H,7-11,13H2,(H,26,28)(H,27,32). The van der Waals surface area contributed by atoms with Crippen LogP contribution in [0.5, 0.6) is 0 Å². The summed E-state index contributed by atoms with van der Waals surface area (Å²) < 4.78 is 95.7. The van der Waals surface area contributed by atoms with Crippen LogP contribution in [0.15, 0.2) is 47.5 Å². The van der Waals surface area contributed by atoms with Gasteiger partial charge in [-0.2, -0.15) is 25.9 Å². The number of pyridine rings is 1. The van der Waals surface area contributed by atoms with Crippen LogP contribution in [-0.2, 0) is 36.0 Å². The lowest BCUT2D eigenvalue weighted by Gasteiger charge is -2.26. The molecule has 39 heavy (non-hydrogen) atoms. The summed E-state index contributed by atoms with van der Waals surface area (Å²) in [6.45, 7) is 0.981. The SMILES string of the molecule is O=C1NC2(CC2Cc2ccnc(NS(=O)(=O)N3CCOCC3)c2)C(=O)N1c1ccc(S(=O)(=O)C(F)(F)F)cc1. The minimum Gasteiger partial charge on any atom is -0.379 e. The fraction of sp³-hybridized carbons (Fsp3) is 0.409. The number of carbonyl (C=O) groups excluding carboxylic acids is 2. The van der Waals surface area contributed by atoms with Crippen molar-refractivity contribution in [1.29, 1.82) is 0 Å². The number of nitrogens with zero attached hydrogens (tertiary/aromatic N) is 3. The van der Waals surface area contributed by atoms with E-state index in [0.717, 1.165) is 17.0 Å². The van der Waals surface area contributed by atoms with Crippen molar-refractivity contribution in [1.82, 2.24) is 14.6 Å². The van der Waals surface area contributed by atoms with Gasteiger partial charge < -0.3 is 10.1 Å². The molecule has 210 valence electrons. The average Bonchev–Trinajstić information content (AvgIpc) is 3.49. The van der Waals surface area contributed by atoms with E-state index in [2.05, 4.69) is 15.0 Å². The number of halogens is 3. The molecule has 12 nitrogen and oxygen atoms in total. The molecule has 3 heterocycles. The van der Waals surface area contributed by atoms with E-state index in [1.165, 1.54) is 16.6 Å². The van der Waals surface area contributed by atoms with Gasteiger partial charge in [0.1, 0.15) is 11.4 Å². The molecule has 2 N–H and O–H groups in total. The molecule has 3 aliphatic rings. The number of imide groups is 1. The molecule has 1 saturated carbocycles. The summed E-state index contributed by atoms with van der Waals surface area (Å²) in [6.07, 6.45) is 2.00. The van der Waals surface area contributed by atoms with E-state index in [9.17, 15) is 39.6 Å². The van der Waals surface area contributed by atoms with Gasteiger partial charge >= 0.3 is 21.7 Å². The third-order valence-corrected chi connectivity index (χ3v) is 9.80. The summed E-state index contributed by atoms with van der Waals surface area (Å²) in [5.41, 5.74) is -6.14. The van der Waals surface area contributed by atoms with Gasteiger partial charge in [-0.15, -0.1) is 0 Å². The van der Waals surface area contributed by atoms with Crippen LogP contribution in [0, 0.1) is 5.92 Å². The molecule has 5 rings (SSSR count). The number of amides is 3. The second kappa shape index (κ2) is 9.42. The molecule has 2 aliphatic heterocycles. The molecule has 0 radical (unpaired) electrons. The van der Waals surface area contributed by atoms with E-state index in [0.29, 0.717) is 24.1 Å². The number of hydrogen-bond donors (Lipinski definition) is 2. The third-order valence-electron chi connectivity index (χ3n) is 6.78. The minimum atomic E-state index is -5.58. The smallest absolute Gasteiger partial charge is 0.379 e. The number of alkyl halides is 3. The summed E-state index contributed by atoms with van der Waals surface area (Å²) >= 11 is 0. The predicted octanol–water partition coefficient (Wildman–Crippen LogP) is 1.42. The normalized spacial score (nSPS) is 24.2. The van der Waals surface area contributed by atoms with Crippen molar-refractivity contribution in [2.75, 3.05) is 35.9 Å². The molecule has 1 spiro atoms. The molecule has 2 aromatic rings. The molecule has 2 atom stereocenters. The first kappa shape index (κ1) is 27.3. The Hall–Kier alpha value is -3.28. The van der Waals surface area contributed by atoms with Crippen LogP contribution in [0.25, 0.3) is 0 Å². The second-order valence-electron chi connectivity index (χ2n) is 9.26. The Bertz CT molecular complexity index is 1530. The van der Waals surface area contributed by atoms with Gasteiger partial charge in [0.15, 0.2) is 0 Å². The van der Waals surface area contributed by atoms with E-state index in [4.69, 9.17) is 4.74 Å². The van der Waals surface area contributed by atoms with Crippen molar-refractivity contribution in [3.8, 4) is 0 Å². The predicted molar refractivity (Wildman–Crippen MR) is 129 cm³/mol. The molecule has 0 bridgehead atoms. The number of morpholine rings is 1. The Morgan fingerprint density at radius 3 is 2.38 bits per heavy atom. The van der Waals surface area contributed by atoms with E-state index >= 15 is 0 Å². The quantitative estimate of drug-likeness (QED) is 0.460. The lowest BCUT2D eigenvalue weighted by atomic mass is 10.1.